The Morgan fingerprint density at radius 3 is 1.59 bits per heavy atom. The normalized spacial score (nSPS) is 16.1. The van der Waals surface area contributed by atoms with Gasteiger partial charge < -0.3 is 37.2 Å². The Hall–Kier alpha value is -0.496. The molecule has 0 aliphatic heterocycles. The molecule has 0 radical (unpaired) electrons. The van der Waals surface area contributed by atoms with E-state index in [1.54, 1.807) is 5.57 Å². The van der Waals surface area contributed by atoms with Crippen molar-refractivity contribution in [2.24, 2.45) is 5.92 Å². The number of hydrogen-bond donors (Lipinski definition) is 0. The third-order valence-electron chi connectivity index (χ3n) is 6.13. The quantitative estimate of drug-likeness (QED) is 0.416. The van der Waals surface area contributed by atoms with Gasteiger partial charge in [-0.1, -0.05) is 0 Å². The molecule has 3 rings (SSSR count). The van der Waals surface area contributed by atoms with Crippen LogP contribution in [0.5, 0.6) is 0 Å². The zero-order valence-electron chi connectivity index (χ0n) is 17.6. The molecule has 0 heterocycles. The summed E-state index contributed by atoms with van der Waals surface area (Å²) < 4.78 is 1.53. The minimum Gasteiger partial charge on any atom is -1.00 e. The van der Waals surface area contributed by atoms with Gasteiger partial charge in [-0.15, -0.1) is 0 Å². The van der Waals surface area contributed by atoms with Crippen LogP contribution in [0.25, 0.3) is 0 Å². The molecule has 1 aliphatic rings. The topological polar surface area (TPSA) is 0 Å². The smallest absolute Gasteiger partial charge is 1.00 e. The van der Waals surface area contributed by atoms with Crippen molar-refractivity contribution in [2.75, 3.05) is 0 Å². The van der Waals surface area contributed by atoms with Gasteiger partial charge in [0.2, 0.25) is 0 Å². The molecule has 0 nitrogen and oxygen atoms in total. The maximum atomic E-state index is 2.40. The van der Waals surface area contributed by atoms with Gasteiger partial charge in [-0.2, -0.15) is 0 Å². The van der Waals surface area contributed by atoms with Gasteiger partial charge in [0.15, 0.2) is 0 Å². The zero-order valence-corrected chi connectivity index (χ0v) is 21.4. The van der Waals surface area contributed by atoms with Crippen LogP contribution < -0.4 is 37.2 Å². The minimum atomic E-state index is -0.0406. The van der Waals surface area contributed by atoms with E-state index < -0.39 is 0 Å². The van der Waals surface area contributed by atoms with Gasteiger partial charge in [-0.3, -0.25) is 0 Å². The van der Waals surface area contributed by atoms with E-state index in [4.69, 9.17) is 0 Å². The Balaban J connectivity index is 0.00000261. The first-order valence-corrected chi connectivity index (χ1v) is 10.6. The van der Waals surface area contributed by atoms with Crippen molar-refractivity contribution in [3.05, 3.63) is 92.4 Å². The van der Waals surface area contributed by atoms with Crippen LogP contribution >= 0.6 is 0 Å². The molecule has 2 aromatic carbocycles. The van der Waals surface area contributed by atoms with E-state index in [0.29, 0.717) is 5.92 Å². The second kappa shape index (κ2) is 12.4. The van der Waals surface area contributed by atoms with E-state index in [2.05, 4.69) is 109 Å². The van der Waals surface area contributed by atoms with Crippen LogP contribution in [0, 0.1) is 5.92 Å². The second-order valence-corrected chi connectivity index (χ2v) is 8.38. The molecule has 2 aromatic rings. The number of allylic oxidation sites excluding steroid dienone is 4. The van der Waals surface area contributed by atoms with E-state index in [-0.39, 0.29) is 42.6 Å². The largest absolute Gasteiger partial charge is 1.00 e. The SMILES string of the molecule is CCCCC(C1=C(C)C(C)=[C]([Ti+3])C1C)(c1ccccc1)c1ccccc1.[Cl-].[Cl-].[Cl-]. The van der Waals surface area contributed by atoms with Crippen molar-refractivity contribution >= 4 is 0 Å². The van der Waals surface area contributed by atoms with Crippen LogP contribution in [0.3, 0.4) is 0 Å². The van der Waals surface area contributed by atoms with Gasteiger partial charge >= 0.3 is 171 Å². The monoisotopic (exact) mass is 482 g/mol. The number of hydrogen-bond acceptors (Lipinski definition) is 0. The van der Waals surface area contributed by atoms with E-state index in [9.17, 15) is 0 Å². The van der Waals surface area contributed by atoms with Crippen LogP contribution in [0.1, 0.15) is 58.1 Å². The number of halogens is 3. The first kappa shape index (κ1) is 28.5. The Kier molecular flexibility index (Phi) is 12.2. The molecule has 0 saturated heterocycles. The predicted molar refractivity (Wildman–Crippen MR) is 108 cm³/mol. The van der Waals surface area contributed by atoms with E-state index in [0.717, 1.165) is 6.42 Å². The average molecular weight is 484 g/mol. The predicted octanol–water partition coefficient (Wildman–Crippen LogP) is -2.04. The molecule has 0 fully saturated rings. The van der Waals surface area contributed by atoms with Crippen molar-refractivity contribution in [3.63, 3.8) is 0 Å². The summed E-state index contributed by atoms with van der Waals surface area (Å²) in [7, 11) is 0. The van der Waals surface area contributed by atoms with Gasteiger partial charge in [0, 0.05) is 0 Å². The summed E-state index contributed by atoms with van der Waals surface area (Å²) in [4.78, 5) is 0. The maximum Gasteiger partial charge on any atom is -1.00 e. The van der Waals surface area contributed by atoms with Crippen molar-refractivity contribution in [2.45, 2.75) is 52.4 Å². The van der Waals surface area contributed by atoms with Crippen LogP contribution in [-0.4, -0.2) is 0 Å². The van der Waals surface area contributed by atoms with Crippen molar-refractivity contribution < 1.29 is 57.7 Å². The Morgan fingerprint density at radius 2 is 1.24 bits per heavy atom. The van der Waals surface area contributed by atoms with Crippen LogP contribution in [-0.2, 0) is 25.9 Å². The van der Waals surface area contributed by atoms with E-state index in [1.165, 1.54) is 39.0 Å². The maximum absolute atomic E-state index is 2.40. The summed E-state index contributed by atoms with van der Waals surface area (Å²) in [6.45, 7) is 9.34. The Morgan fingerprint density at radius 1 is 0.793 bits per heavy atom. The van der Waals surface area contributed by atoms with E-state index in [1.807, 2.05) is 0 Å². The Labute approximate surface area is 207 Å². The van der Waals surface area contributed by atoms with Gasteiger partial charge in [0.1, 0.15) is 0 Å². The molecular formula is C25H29Cl3Ti. The third-order valence-corrected chi connectivity index (χ3v) is 7.40. The zero-order chi connectivity index (χ0) is 18.7. The van der Waals surface area contributed by atoms with Crippen molar-refractivity contribution in [1.82, 2.24) is 0 Å². The molecule has 0 amide bonds. The summed E-state index contributed by atoms with van der Waals surface area (Å²) in [6.07, 6.45) is 3.61. The summed E-state index contributed by atoms with van der Waals surface area (Å²) in [6, 6.07) is 22.4. The molecule has 1 unspecified atom stereocenters. The van der Waals surface area contributed by atoms with Crippen LogP contribution in [0.2, 0.25) is 0 Å². The van der Waals surface area contributed by atoms with Crippen LogP contribution in [0.15, 0.2) is 81.3 Å². The van der Waals surface area contributed by atoms with Gasteiger partial charge in [0.25, 0.3) is 0 Å². The number of benzene rings is 2. The first-order chi connectivity index (χ1) is 12.5. The van der Waals surface area contributed by atoms with Crippen molar-refractivity contribution in [3.8, 4) is 0 Å². The number of unbranched alkanes of at least 4 members (excludes halogenated alkanes) is 1. The summed E-state index contributed by atoms with van der Waals surface area (Å²) in [5.74, 6) is 0.493. The fourth-order valence-electron chi connectivity index (χ4n) is 4.68. The van der Waals surface area contributed by atoms with Crippen LogP contribution in [0.4, 0.5) is 0 Å². The van der Waals surface area contributed by atoms with Crippen molar-refractivity contribution in [1.29, 1.82) is 0 Å². The summed E-state index contributed by atoms with van der Waals surface area (Å²) in [5, 5.41) is 0. The summed E-state index contributed by atoms with van der Waals surface area (Å²) >= 11 is 2.32. The molecular weight excluding hydrogens is 455 g/mol. The standard InChI is InChI=1S/C25H29.3ClH.Ti/c1-5-6-17-25(22-13-9-7-10-14-22,23-15-11-8-12-16-23)24-20(3)18-19(2)21(24)4;;;;/h7-16,20H,5-6,17H2,1-4H3;3*1H;/q;;;;+3/p-3. The second-order valence-electron chi connectivity index (χ2n) is 7.54. The molecule has 1 aliphatic carbocycles. The van der Waals surface area contributed by atoms with Gasteiger partial charge in [-0.05, 0) is 0 Å². The molecule has 0 spiro atoms. The molecule has 1 atom stereocenters. The average Bonchev–Trinajstić information content (AvgIpc) is 2.88. The molecule has 0 aromatic heterocycles. The number of rotatable bonds is 6. The van der Waals surface area contributed by atoms with Gasteiger partial charge in [0.05, 0.1) is 0 Å². The molecule has 29 heavy (non-hydrogen) atoms. The van der Waals surface area contributed by atoms with E-state index >= 15 is 0 Å². The fraction of sp³-hybridized carbons (Fsp3) is 0.360. The third kappa shape index (κ3) is 5.23. The molecule has 0 N–H and O–H groups in total. The molecule has 0 bridgehead atoms. The Bertz CT molecular complexity index is 786. The molecule has 4 heteroatoms. The minimum absolute atomic E-state index is 0. The fourth-order valence-corrected chi connectivity index (χ4v) is 5.19. The van der Waals surface area contributed by atoms with Gasteiger partial charge in [-0.25, -0.2) is 0 Å². The molecule has 0 saturated carbocycles. The summed E-state index contributed by atoms with van der Waals surface area (Å²) in [5.41, 5.74) is 7.42. The first-order valence-electron chi connectivity index (χ1n) is 9.79. The molecule has 154 valence electrons.